The fraction of sp³-hybridized carbons (Fsp3) is 0.375. The van der Waals surface area contributed by atoms with E-state index in [1.165, 1.54) is 17.7 Å². The smallest absolute Gasteiger partial charge is 0.297 e. The number of benzene rings is 2. The van der Waals surface area contributed by atoms with Gasteiger partial charge in [0, 0.05) is 23.8 Å². The van der Waals surface area contributed by atoms with E-state index < -0.39 is 22.0 Å². The number of nitrogens with zero attached hydrogens (tertiary/aromatic N) is 2. The highest BCUT2D eigenvalue weighted by atomic mass is 35.5. The molecular weight excluding hydrogens is 464 g/mol. The minimum absolute atomic E-state index is 0.112. The standard InChI is InChI=1S/C24H27ClN2O5S/c1-19-4-10-23(11-5-19)33(28,29)31-16-22-15-30-24(32-22,17-27-14-13-26-18-27)12-2-3-20-6-8-21(25)9-7-20/h4-11,13-14,18,22H,2-3,12,15-17H2,1H3/t22-,24+/m0/s1. The third kappa shape index (κ3) is 6.43. The van der Waals surface area contributed by atoms with E-state index >= 15 is 0 Å². The molecule has 2 atom stereocenters. The van der Waals surface area contributed by atoms with E-state index in [1.807, 2.05) is 42.0 Å². The number of aromatic nitrogens is 2. The highest BCUT2D eigenvalue weighted by Crippen LogP contribution is 2.32. The van der Waals surface area contributed by atoms with Crippen LogP contribution in [0, 0.1) is 6.92 Å². The monoisotopic (exact) mass is 490 g/mol. The van der Waals surface area contributed by atoms with E-state index in [0.29, 0.717) is 18.0 Å². The van der Waals surface area contributed by atoms with Crippen LogP contribution in [0.4, 0.5) is 0 Å². The lowest BCUT2D eigenvalue weighted by Gasteiger charge is -2.28. The molecule has 0 N–H and O–H groups in total. The average molecular weight is 491 g/mol. The topological polar surface area (TPSA) is 79.7 Å². The Morgan fingerprint density at radius 1 is 1.18 bits per heavy atom. The summed E-state index contributed by atoms with van der Waals surface area (Å²) in [6, 6.07) is 14.3. The number of aryl methyl sites for hydroxylation is 2. The van der Waals surface area contributed by atoms with Gasteiger partial charge in [0.15, 0.2) is 5.79 Å². The van der Waals surface area contributed by atoms with Crippen LogP contribution in [-0.4, -0.2) is 43.1 Å². The molecule has 1 fully saturated rings. The number of hydrogen-bond acceptors (Lipinski definition) is 6. The first-order valence-corrected chi connectivity index (χ1v) is 12.6. The third-order valence-electron chi connectivity index (χ3n) is 5.55. The van der Waals surface area contributed by atoms with Crippen LogP contribution in [0.3, 0.4) is 0 Å². The van der Waals surface area contributed by atoms with Crippen molar-refractivity contribution in [3.63, 3.8) is 0 Å². The molecule has 176 valence electrons. The zero-order valence-corrected chi connectivity index (χ0v) is 20.0. The maximum absolute atomic E-state index is 12.5. The van der Waals surface area contributed by atoms with Gasteiger partial charge >= 0.3 is 0 Å². The molecule has 7 nitrogen and oxygen atoms in total. The molecule has 0 aliphatic carbocycles. The van der Waals surface area contributed by atoms with Crippen molar-refractivity contribution in [3.8, 4) is 0 Å². The highest BCUT2D eigenvalue weighted by molar-refractivity contribution is 7.86. The lowest BCUT2D eigenvalue weighted by molar-refractivity contribution is -0.185. The lowest BCUT2D eigenvalue weighted by Crippen LogP contribution is -2.37. The minimum atomic E-state index is -3.87. The first-order chi connectivity index (χ1) is 15.8. The van der Waals surface area contributed by atoms with Gasteiger partial charge in [-0.1, -0.05) is 41.4 Å². The zero-order valence-electron chi connectivity index (χ0n) is 18.4. The molecule has 0 unspecified atom stereocenters. The number of rotatable bonds is 10. The van der Waals surface area contributed by atoms with Crippen molar-refractivity contribution in [3.05, 3.63) is 83.4 Å². The van der Waals surface area contributed by atoms with Gasteiger partial charge in [0.1, 0.15) is 6.10 Å². The lowest BCUT2D eigenvalue weighted by atomic mass is 10.0. The number of hydrogen-bond donors (Lipinski definition) is 0. The number of imidazole rings is 1. The molecule has 0 bridgehead atoms. The first-order valence-electron chi connectivity index (χ1n) is 10.8. The van der Waals surface area contributed by atoms with Gasteiger partial charge in [-0.05, 0) is 49.6 Å². The molecule has 1 aromatic heterocycles. The van der Waals surface area contributed by atoms with Crippen LogP contribution >= 0.6 is 11.6 Å². The van der Waals surface area contributed by atoms with Crippen LogP contribution in [-0.2, 0) is 36.7 Å². The van der Waals surface area contributed by atoms with Gasteiger partial charge in [-0.2, -0.15) is 8.42 Å². The third-order valence-corrected chi connectivity index (χ3v) is 7.10. The Balaban J connectivity index is 1.38. The summed E-state index contributed by atoms with van der Waals surface area (Å²) < 4.78 is 44.6. The second kappa shape index (κ2) is 10.4. The Bertz CT molecular complexity index is 1130. The largest absolute Gasteiger partial charge is 0.345 e. The maximum Gasteiger partial charge on any atom is 0.297 e. The maximum atomic E-state index is 12.5. The Kier molecular flexibility index (Phi) is 7.51. The van der Waals surface area contributed by atoms with Gasteiger partial charge in [-0.15, -0.1) is 0 Å². The van der Waals surface area contributed by atoms with Crippen LogP contribution in [0.5, 0.6) is 0 Å². The van der Waals surface area contributed by atoms with Crippen molar-refractivity contribution in [2.45, 2.75) is 49.5 Å². The molecule has 9 heteroatoms. The molecule has 0 spiro atoms. The summed E-state index contributed by atoms with van der Waals surface area (Å²) in [6.45, 7) is 2.49. The van der Waals surface area contributed by atoms with E-state index in [2.05, 4.69) is 4.98 Å². The van der Waals surface area contributed by atoms with Crippen LogP contribution in [0.1, 0.15) is 24.0 Å². The van der Waals surface area contributed by atoms with Gasteiger partial charge in [0.2, 0.25) is 0 Å². The Hall–Kier alpha value is -2.23. The van der Waals surface area contributed by atoms with Gasteiger partial charge in [0.05, 0.1) is 31.0 Å². The van der Waals surface area contributed by atoms with Crippen LogP contribution < -0.4 is 0 Å². The molecule has 33 heavy (non-hydrogen) atoms. The Morgan fingerprint density at radius 3 is 2.64 bits per heavy atom. The molecule has 0 radical (unpaired) electrons. The summed E-state index contributed by atoms with van der Waals surface area (Å²) >= 11 is 5.97. The van der Waals surface area contributed by atoms with Crippen molar-refractivity contribution in [1.29, 1.82) is 0 Å². The molecule has 1 aliphatic rings. The van der Waals surface area contributed by atoms with E-state index in [9.17, 15) is 8.42 Å². The van der Waals surface area contributed by atoms with Crippen molar-refractivity contribution in [1.82, 2.24) is 9.55 Å². The van der Waals surface area contributed by atoms with Gasteiger partial charge in [-0.3, -0.25) is 4.18 Å². The molecule has 3 aromatic rings. The van der Waals surface area contributed by atoms with Gasteiger partial charge < -0.3 is 14.0 Å². The summed E-state index contributed by atoms with van der Waals surface area (Å²) in [7, 11) is -3.87. The second-order valence-electron chi connectivity index (χ2n) is 8.23. The summed E-state index contributed by atoms with van der Waals surface area (Å²) in [5.41, 5.74) is 2.16. The van der Waals surface area contributed by atoms with E-state index in [-0.39, 0.29) is 18.1 Å². The molecule has 2 aromatic carbocycles. The molecule has 1 saturated heterocycles. The Labute approximate surface area is 199 Å². The van der Waals surface area contributed by atoms with E-state index in [0.717, 1.165) is 18.4 Å². The van der Waals surface area contributed by atoms with Crippen molar-refractivity contribution in [2.24, 2.45) is 0 Å². The number of ether oxygens (including phenoxy) is 2. The van der Waals surface area contributed by atoms with E-state index in [4.69, 9.17) is 25.3 Å². The van der Waals surface area contributed by atoms with Crippen molar-refractivity contribution < 1.29 is 22.1 Å². The predicted octanol–water partition coefficient (Wildman–Crippen LogP) is 4.39. The quantitative estimate of drug-likeness (QED) is 0.392. The van der Waals surface area contributed by atoms with E-state index in [1.54, 1.807) is 24.7 Å². The molecule has 1 aliphatic heterocycles. The number of halogens is 1. The van der Waals surface area contributed by atoms with Crippen molar-refractivity contribution in [2.75, 3.05) is 13.2 Å². The summed E-state index contributed by atoms with van der Waals surface area (Å²) in [5.74, 6) is -0.880. The summed E-state index contributed by atoms with van der Waals surface area (Å²) in [5, 5.41) is 0.709. The zero-order chi connectivity index (χ0) is 23.3. The average Bonchev–Trinajstić information content (AvgIpc) is 3.45. The minimum Gasteiger partial charge on any atom is -0.345 e. The normalized spacial score (nSPS) is 20.8. The molecular formula is C24H27ClN2O5S. The summed E-state index contributed by atoms with van der Waals surface area (Å²) in [4.78, 5) is 4.22. The summed E-state index contributed by atoms with van der Waals surface area (Å²) in [6.07, 6.45) is 7.06. The molecule has 2 heterocycles. The SMILES string of the molecule is Cc1ccc(S(=O)(=O)OC[C@@H]2CO[C@@](CCCc3ccc(Cl)cc3)(Cn3ccnc3)O2)cc1. The van der Waals surface area contributed by atoms with Crippen molar-refractivity contribution >= 4 is 21.7 Å². The Morgan fingerprint density at radius 2 is 1.94 bits per heavy atom. The fourth-order valence-corrected chi connectivity index (χ4v) is 4.86. The van der Waals surface area contributed by atoms with Gasteiger partial charge in [0.25, 0.3) is 10.1 Å². The highest BCUT2D eigenvalue weighted by Gasteiger charge is 2.42. The molecule has 0 amide bonds. The van der Waals surface area contributed by atoms with Crippen LogP contribution in [0.15, 0.2) is 72.1 Å². The van der Waals surface area contributed by atoms with Crippen LogP contribution in [0.2, 0.25) is 5.02 Å². The van der Waals surface area contributed by atoms with Gasteiger partial charge in [-0.25, -0.2) is 4.98 Å². The molecule has 4 rings (SSSR count). The molecule has 0 saturated carbocycles. The first kappa shape index (κ1) is 23.9. The fourth-order valence-electron chi connectivity index (χ4n) is 3.80. The predicted molar refractivity (Wildman–Crippen MR) is 124 cm³/mol. The second-order valence-corrected chi connectivity index (χ2v) is 10.3. The van der Waals surface area contributed by atoms with Crippen LogP contribution in [0.25, 0.3) is 0 Å².